The number of ether oxygens (including phenoxy) is 2. The van der Waals surface area contributed by atoms with Gasteiger partial charge in [0.1, 0.15) is 0 Å². The molecule has 0 spiro atoms. The fourth-order valence-corrected chi connectivity index (χ4v) is 2.86. The van der Waals surface area contributed by atoms with Crippen molar-refractivity contribution in [1.82, 2.24) is 10.3 Å². The zero-order valence-corrected chi connectivity index (χ0v) is 16.5. The van der Waals surface area contributed by atoms with Crippen LogP contribution in [0.5, 0.6) is 17.4 Å². The van der Waals surface area contributed by atoms with Crippen LogP contribution in [0.3, 0.4) is 0 Å². The maximum Gasteiger partial charge on any atom is 0.219 e. The maximum absolute atomic E-state index is 5.77. The van der Waals surface area contributed by atoms with E-state index in [9.17, 15) is 0 Å². The van der Waals surface area contributed by atoms with Gasteiger partial charge in [0, 0.05) is 12.6 Å². The Kier molecular flexibility index (Phi) is 7.21. The molecule has 28 heavy (non-hydrogen) atoms. The zero-order chi connectivity index (χ0) is 19.6. The normalized spacial score (nSPS) is 10.2. The van der Waals surface area contributed by atoms with E-state index in [0.29, 0.717) is 22.5 Å². The van der Waals surface area contributed by atoms with Gasteiger partial charge in [0.05, 0.1) is 19.0 Å². The van der Waals surface area contributed by atoms with E-state index in [4.69, 9.17) is 21.7 Å². The van der Waals surface area contributed by atoms with E-state index in [1.165, 1.54) is 5.56 Å². The zero-order valence-electron chi connectivity index (χ0n) is 15.7. The molecule has 1 aromatic heterocycles. The lowest BCUT2D eigenvalue weighted by atomic mass is 10.1. The molecular weight excluding hydrogens is 370 g/mol. The van der Waals surface area contributed by atoms with Gasteiger partial charge in [-0.15, -0.1) is 0 Å². The van der Waals surface area contributed by atoms with Gasteiger partial charge >= 0.3 is 0 Å². The van der Waals surface area contributed by atoms with Crippen molar-refractivity contribution in [2.75, 3.05) is 19.0 Å². The fourth-order valence-electron chi connectivity index (χ4n) is 2.64. The summed E-state index contributed by atoms with van der Waals surface area (Å²) in [4.78, 5) is 4.31. The Labute approximate surface area is 170 Å². The lowest BCUT2D eigenvalue weighted by Gasteiger charge is -2.12. The molecule has 2 N–H and O–H groups in total. The molecule has 0 unspecified atom stereocenters. The Hall–Kier alpha value is -3.12. The molecule has 0 aliphatic heterocycles. The minimum atomic E-state index is 0.483. The quantitative estimate of drug-likeness (QED) is 0.423. The first-order valence-electron chi connectivity index (χ1n) is 9.10. The summed E-state index contributed by atoms with van der Waals surface area (Å²) in [6.45, 7) is 0.809. The molecule has 144 valence electrons. The summed E-state index contributed by atoms with van der Waals surface area (Å²) in [5, 5.41) is 6.92. The van der Waals surface area contributed by atoms with E-state index in [0.717, 1.165) is 25.1 Å². The van der Waals surface area contributed by atoms with Crippen LogP contribution < -0.4 is 20.1 Å². The first kappa shape index (κ1) is 19.6. The van der Waals surface area contributed by atoms with Crippen molar-refractivity contribution < 1.29 is 9.47 Å². The molecule has 1 heterocycles. The molecule has 0 radical (unpaired) electrons. The van der Waals surface area contributed by atoms with E-state index >= 15 is 0 Å². The number of hydrogen-bond donors (Lipinski definition) is 2. The van der Waals surface area contributed by atoms with Gasteiger partial charge in [0.2, 0.25) is 5.88 Å². The van der Waals surface area contributed by atoms with Crippen molar-refractivity contribution in [3.05, 3.63) is 78.5 Å². The summed E-state index contributed by atoms with van der Waals surface area (Å²) < 4.78 is 11.0. The van der Waals surface area contributed by atoms with Crippen LogP contribution in [0.4, 0.5) is 5.69 Å². The molecule has 0 aliphatic carbocycles. The highest BCUT2D eigenvalue weighted by Gasteiger charge is 2.05. The average Bonchev–Trinajstić information content (AvgIpc) is 2.74. The number of thiocarbonyl (C=S) groups is 1. The first-order valence-corrected chi connectivity index (χ1v) is 9.51. The molecule has 0 atom stereocenters. The highest BCUT2D eigenvalue weighted by Crippen LogP contribution is 2.30. The van der Waals surface area contributed by atoms with Crippen molar-refractivity contribution in [2.45, 2.75) is 12.8 Å². The number of pyridine rings is 1. The van der Waals surface area contributed by atoms with Crippen LogP contribution in [0.1, 0.15) is 12.0 Å². The third kappa shape index (κ3) is 5.96. The number of para-hydroxylation sites is 2. The number of nitrogens with zero attached hydrogens (tertiary/aromatic N) is 1. The number of nitrogens with one attached hydrogen (secondary N) is 2. The molecule has 0 saturated heterocycles. The fraction of sp³-hybridized carbons (Fsp3) is 0.182. The van der Waals surface area contributed by atoms with Crippen LogP contribution in [0, 0.1) is 0 Å². The van der Waals surface area contributed by atoms with E-state index < -0.39 is 0 Å². The SMILES string of the molecule is COc1ccccc1Oc1ccc(NC(=S)NCCCc2ccccc2)cn1. The van der Waals surface area contributed by atoms with E-state index in [1.54, 1.807) is 19.4 Å². The maximum atomic E-state index is 5.77. The highest BCUT2D eigenvalue weighted by molar-refractivity contribution is 7.80. The highest BCUT2D eigenvalue weighted by atomic mass is 32.1. The van der Waals surface area contributed by atoms with Crippen molar-refractivity contribution in [2.24, 2.45) is 0 Å². The summed E-state index contributed by atoms with van der Waals surface area (Å²) in [5.74, 6) is 1.76. The molecular formula is C22H23N3O2S. The average molecular weight is 394 g/mol. The monoisotopic (exact) mass is 393 g/mol. The lowest BCUT2D eigenvalue weighted by Crippen LogP contribution is -2.29. The van der Waals surface area contributed by atoms with Crippen LogP contribution >= 0.6 is 12.2 Å². The minimum Gasteiger partial charge on any atom is -0.493 e. The van der Waals surface area contributed by atoms with Crippen molar-refractivity contribution in [1.29, 1.82) is 0 Å². The number of anilines is 1. The molecule has 0 amide bonds. The van der Waals surface area contributed by atoms with Gasteiger partial charge in [-0.2, -0.15) is 0 Å². The molecule has 0 bridgehead atoms. The minimum absolute atomic E-state index is 0.483. The van der Waals surface area contributed by atoms with Gasteiger partial charge in [-0.25, -0.2) is 4.98 Å². The second-order valence-electron chi connectivity index (χ2n) is 6.11. The summed E-state index contributed by atoms with van der Waals surface area (Å²) in [7, 11) is 1.61. The van der Waals surface area contributed by atoms with Crippen LogP contribution in [0.15, 0.2) is 72.9 Å². The number of rotatable bonds is 8. The van der Waals surface area contributed by atoms with Crippen molar-refractivity contribution in [3.8, 4) is 17.4 Å². The third-order valence-corrected chi connectivity index (χ3v) is 4.29. The van der Waals surface area contributed by atoms with Crippen LogP contribution in [0.25, 0.3) is 0 Å². The number of hydrogen-bond acceptors (Lipinski definition) is 4. The van der Waals surface area contributed by atoms with E-state index in [-0.39, 0.29) is 0 Å². The predicted molar refractivity (Wildman–Crippen MR) is 116 cm³/mol. The van der Waals surface area contributed by atoms with E-state index in [1.807, 2.05) is 36.4 Å². The summed E-state index contributed by atoms with van der Waals surface area (Å²) in [6.07, 6.45) is 3.71. The standard InChI is InChI=1S/C22H23N3O2S/c1-26-19-11-5-6-12-20(19)27-21-14-13-18(16-24-21)25-22(28)23-15-7-10-17-8-3-2-4-9-17/h2-6,8-9,11-14,16H,7,10,15H2,1H3,(H2,23,25,28). The van der Waals surface area contributed by atoms with Gasteiger partial charge in [0.25, 0.3) is 0 Å². The Balaban J connectivity index is 1.44. The van der Waals surface area contributed by atoms with Gasteiger partial charge in [-0.05, 0) is 48.8 Å². The molecule has 0 fully saturated rings. The Morgan fingerprint density at radius 3 is 2.43 bits per heavy atom. The van der Waals surface area contributed by atoms with Crippen LogP contribution in [0.2, 0.25) is 0 Å². The van der Waals surface area contributed by atoms with Crippen molar-refractivity contribution in [3.63, 3.8) is 0 Å². The largest absolute Gasteiger partial charge is 0.493 e. The Morgan fingerprint density at radius 1 is 0.964 bits per heavy atom. The Morgan fingerprint density at radius 2 is 1.71 bits per heavy atom. The summed E-state index contributed by atoms with van der Waals surface area (Å²) in [6, 6.07) is 21.5. The molecule has 0 aliphatic rings. The predicted octanol–water partition coefficient (Wildman–Crippen LogP) is 4.80. The molecule has 3 aromatic rings. The lowest BCUT2D eigenvalue weighted by molar-refractivity contribution is 0.374. The van der Waals surface area contributed by atoms with Gasteiger partial charge in [-0.3, -0.25) is 0 Å². The topological polar surface area (TPSA) is 55.4 Å². The van der Waals surface area contributed by atoms with Crippen LogP contribution in [-0.4, -0.2) is 23.8 Å². The summed E-state index contributed by atoms with van der Waals surface area (Å²) in [5.41, 5.74) is 2.13. The summed E-state index contributed by atoms with van der Waals surface area (Å²) >= 11 is 5.34. The third-order valence-electron chi connectivity index (χ3n) is 4.05. The molecule has 2 aromatic carbocycles. The van der Waals surface area contributed by atoms with Gasteiger partial charge in [0.15, 0.2) is 16.6 Å². The van der Waals surface area contributed by atoms with Gasteiger partial charge < -0.3 is 20.1 Å². The van der Waals surface area contributed by atoms with Crippen molar-refractivity contribution >= 4 is 23.0 Å². The van der Waals surface area contributed by atoms with Gasteiger partial charge in [-0.1, -0.05) is 42.5 Å². The van der Waals surface area contributed by atoms with Crippen LogP contribution in [-0.2, 0) is 6.42 Å². The second kappa shape index (κ2) is 10.3. The number of benzene rings is 2. The Bertz CT molecular complexity index is 886. The second-order valence-corrected chi connectivity index (χ2v) is 6.52. The smallest absolute Gasteiger partial charge is 0.219 e. The number of methoxy groups -OCH3 is 1. The number of aryl methyl sites for hydroxylation is 1. The molecule has 5 nitrogen and oxygen atoms in total. The molecule has 6 heteroatoms. The molecule has 0 saturated carbocycles. The molecule has 3 rings (SSSR count). The van der Waals surface area contributed by atoms with E-state index in [2.05, 4.69) is 39.9 Å². The first-order chi connectivity index (χ1) is 13.7. The number of aromatic nitrogens is 1.